The van der Waals surface area contributed by atoms with E-state index in [0.29, 0.717) is 18.7 Å². The normalized spacial score (nSPS) is 19.5. The molecule has 0 radical (unpaired) electrons. The third-order valence-corrected chi connectivity index (χ3v) is 8.67. The van der Waals surface area contributed by atoms with E-state index in [9.17, 15) is 0 Å². The summed E-state index contributed by atoms with van der Waals surface area (Å²) in [6.07, 6.45) is 4.36. The van der Waals surface area contributed by atoms with Crippen molar-refractivity contribution in [2.75, 3.05) is 19.8 Å². The molecule has 0 spiro atoms. The highest BCUT2D eigenvalue weighted by Gasteiger charge is 2.54. The van der Waals surface area contributed by atoms with Crippen molar-refractivity contribution in [2.24, 2.45) is 5.92 Å². The van der Waals surface area contributed by atoms with Gasteiger partial charge in [0.05, 0.1) is 6.61 Å². The molecule has 0 aliphatic carbocycles. The van der Waals surface area contributed by atoms with Gasteiger partial charge in [0, 0.05) is 6.54 Å². The number of rotatable bonds is 9. The maximum Gasteiger partial charge on any atom is 0.337 e. The highest BCUT2D eigenvalue weighted by atomic mass is 31.2. The van der Waals surface area contributed by atoms with Gasteiger partial charge in [0.1, 0.15) is 12.1 Å². The summed E-state index contributed by atoms with van der Waals surface area (Å²) in [5, 5.41) is 0. The van der Waals surface area contributed by atoms with Gasteiger partial charge in [-0.1, -0.05) is 117 Å². The van der Waals surface area contributed by atoms with Crippen LogP contribution in [0.3, 0.4) is 0 Å². The van der Waals surface area contributed by atoms with E-state index < -0.39 is 13.1 Å². The van der Waals surface area contributed by atoms with Gasteiger partial charge in [0.25, 0.3) is 0 Å². The molecular weight excluding hydrogens is 453 g/mol. The molecule has 1 aliphatic heterocycles. The number of nitrogens with zero attached hydrogens (tertiary/aromatic N) is 1. The molecule has 3 aromatic carbocycles. The second kappa shape index (κ2) is 11.2. The van der Waals surface area contributed by atoms with Crippen LogP contribution in [0.5, 0.6) is 0 Å². The molecule has 1 unspecified atom stereocenters. The third kappa shape index (κ3) is 4.92. The Morgan fingerprint density at radius 3 is 1.89 bits per heavy atom. The summed E-state index contributed by atoms with van der Waals surface area (Å²) < 4.78 is 29.6. The minimum Gasteiger partial charge on any atom is -0.483 e. The number of ether oxygens (including phenoxy) is 1. The lowest BCUT2D eigenvalue weighted by Gasteiger charge is -2.50. The summed E-state index contributed by atoms with van der Waals surface area (Å²) in [6, 6.07) is 30.9. The first-order chi connectivity index (χ1) is 17.0. The summed E-state index contributed by atoms with van der Waals surface area (Å²) in [4.78, 5) is 0. The predicted molar refractivity (Wildman–Crippen MR) is 143 cm³/mol. The molecule has 0 N–H and O–H groups in total. The highest BCUT2D eigenvalue weighted by molar-refractivity contribution is 7.60. The summed E-state index contributed by atoms with van der Waals surface area (Å²) in [7, 11) is -3.61. The van der Waals surface area contributed by atoms with Crippen LogP contribution in [0.1, 0.15) is 37.0 Å². The number of benzene rings is 3. The van der Waals surface area contributed by atoms with E-state index in [1.54, 1.807) is 6.08 Å². The van der Waals surface area contributed by atoms with Gasteiger partial charge in [-0.05, 0) is 35.1 Å². The van der Waals surface area contributed by atoms with E-state index >= 15 is 4.57 Å². The maximum absolute atomic E-state index is 15.1. The molecule has 1 aliphatic rings. The Kier molecular flexibility index (Phi) is 8.07. The number of allylic oxidation sites excluding steroid dienone is 1. The summed E-state index contributed by atoms with van der Waals surface area (Å²) in [6.45, 7) is 9.15. The third-order valence-electron chi connectivity index (χ3n) is 6.16. The van der Waals surface area contributed by atoms with Crippen molar-refractivity contribution in [1.29, 1.82) is 0 Å². The van der Waals surface area contributed by atoms with Gasteiger partial charge >= 0.3 is 7.52 Å². The molecule has 1 heterocycles. The van der Waals surface area contributed by atoms with Gasteiger partial charge in [-0.25, -0.2) is 4.67 Å². The van der Waals surface area contributed by atoms with Gasteiger partial charge < -0.3 is 9.26 Å². The molecule has 1 saturated heterocycles. The van der Waals surface area contributed by atoms with E-state index in [1.165, 1.54) is 0 Å². The van der Waals surface area contributed by atoms with Crippen LogP contribution in [0.15, 0.2) is 115 Å². The maximum atomic E-state index is 15.1. The van der Waals surface area contributed by atoms with Gasteiger partial charge in [0.2, 0.25) is 0 Å². The number of hydrogen-bond donors (Lipinski definition) is 0. The Balaban J connectivity index is 2.06. The first-order valence-electron chi connectivity index (χ1n) is 12.2. The molecule has 0 amide bonds. The van der Waals surface area contributed by atoms with Gasteiger partial charge in [-0.15, -0.1) is 0 Å². The second-order valence-corrected chi connectivity index (χ2v) is 11.2. The van der Waals surface area contributed by atoms with E-state index in [4.69, 9.17) is 9.26 Å². The van der Waals surface area contributed by atoms with Gasteiger partial charge in [-0.2, -0.15) is 0 Å². The van der Waals surface area contributed by atoms with Crippen molar-refractivity contribution in [3.05, 3.63) is 132 Å². The first-order valence-corrected chi connectivity index (χ1v) is 13.8. The topological polar surface area (TPSA) is 38.8 Å². The zero-order valence-electron chi connectivity index (χ0n) is 20.5. The van der Waals surface area contributed by atoms with E-state index in [0.717, 1.165) is 23.1 Å². The van der Waals surface area contributed by atoms with Crippen LogP contribution in [-0.4, -0.2) is 24.4 Å². The molecule has 1 atom stereocenters. The minimum absolute atomic E-state index is 0.132. The fourth-order valence-corrected chi connectivity index (χ4v) is 7.54. The second-order valence-electron chi connectivity index (χ2n) is 8.99. The zero-order chi connectivity index (χ0) is 24.7. The molecule has 4 rings (SSSR count). The Morgan fingerprint density at radius 2 is 1.46 bits per heavy atom. The average Bonchev–Trinajstić information content (AvgIpc) is 2.90. The lowest BCUT2D eigenvalue weighted by molar-refractivity contribution is 0.143. The van der Waals surface area contributed by atoms with Crippen LogP contribution in [0.25, 0.3) is 0 Å². The Hall–Kier alpha value is -2.91. The Bertz CT molecular complexity index is 1080. The zero-order valence-corrected chi connectivity index (χ0v) is 21.4. The SMILES string of the molecule is C=CCO/C(=C\C(C)C)P1(=O)OCCCN1C(c1ccccc1)(c1ccccc1)c1ccccc1. The highest BCUT2D eigenvalue weighted by Crippen LogP contribution is 2.67. The molecule has 4 nitrogen and oxygen atoms in total. The van der Waals surface area contributed by atoms with E-state index in [2.05, 4.69) is 61.5 Å². The molecule has 5 heteroatoms. The van der Waals surface area contributed by atoms with Crippen molar-refractivity contribution >= 4 is 7.52 Å². The van der Waals surface area contributed by atoms with Gasteiger partial charge in [0.15, 0.2) is 5.50 Å². The fraction of sp³-hybridized carbons (Fsp3) is 0.267. The van der Waals surface area contributed by atoms with Crippen LogP contribution in [-0.2, 0) is 19.4 Å². The Labute approximate surface area is 209 Å². The molecule has 3 aromatic rings. The smallest absolute Gasteiger partial charge is 0.337 e. The van der Waals surface area contributed by atoms with Crippen LogP contribution in [0, 0.1) is 5.92 Å². The summed E-state index contributed by atoms with van der Waals surface area (Å²) in [5.74, 6) is 0.132. The van der Waals surface area contributed by atoms with Crippen LogP contribution >= 0.6 is 7.52 Å². The molecule has 0 saturated carbocycles. The lowest BCUT2D eigenvalue weighted by atomic mass is 9.77. The lowest BCUT2D eigenvalue weighted by Crippen LogP contribution is -2.49. The standard InChI is InChI=1S/C30H34NO3P/c1-4-22-33-29(24-25(2)3)35(32)31(21-14-23-34-35)30(26-15-8-5-9-16-26,27-17-10-6-11-18-27)28-19-12-7-13-20-28/h4-13,15-20,24-25H,1,14,21-23H2,2-3H3/b29-24+. The summed E-state index contributed by atoms with van der Waals surface area (Å²) in [5.41, 5.74) is 2.61. The number of hydrogen-bond acceptors (Lipinski definition) is 3. The minimum atomic E-state index is -3.61. The monoisotopic (exact) mass is 487 g/mol. The quantitative estimate of drug-likeness (QED) is 0.135. The van der Waals surface area contributed by atoms with Crippen LogP contribution < -0.4 is 0 Å². The molecular formula is C30H34NO3P. The van der Waals surface area contributed by atoms with Crippen molar-refractivity contribution < 1.29 is 13.8 Å². The molecule has 182 valence electrons. The van der Waals surface area contributed by atoms with Crippen molar-refractivity contribution in [1.82, 2.24) is 4.67 Å². The van der Waals surface area contributed by atoms with Gasteiger partial charge in [-0.3, -0.25) is 4.57 Å². The average molecular weight is 488 g/mol. The Morgan fingerprint density at radius 1 is 0.971 bits per heavy atom. The summed E-state index contributed by atoms with van der Waals surface area (Å²) >= 11 is 0. The van der Waals surface area contributed by atoms with E-state index in [1.807, 2.05) is 60.7 Å². The van der Waals surface area contributed by atoms with Crippen molar-refractivity contribution in [3.63, 3.8) is 0 Å². The molecule has 35 heavy (non-hydrogen) atoms. The first kappa shape index (κ1) is 25.2. The van der Waals surface area contributed by atoms with E-state index in [-0.39, 0.29) is 12.5 Å². The molecule has 1 fully saturated rings. The molecule has 0 aromatic heterocycles. The largest absolute Gasteiger partial charge is 0.483 e. The van der Waals surface area contributed by atoms with Crippen LogP contribution in [0.4, 0.5) is 0 Å². The fourth-order valence-electron chi connectivity index (χ4n) is 4.79. The molecule has 0 bridgehead atoms. The van der Waals surface area contributed by atoms with Crippen molar-refractivity contribution in [2.45, 2.75) is 25.8 Å². The van der Waals surface area contributed by atoms with Crippen molar-refractivity contribution in [3.8, 4) is 0 Å². The predicted octanol–water partition coefficient (Wildman–Crippen LogP) is 7.59. The van der Waals surface area contributed by atoms with Crippen LogP contribution in [0.2, 0.25) is 0 Å².